The van der Waals surface area contributed by atoms with Gasteiger partial charge in [-0.1, -0.05) is 6.07 Å². The first kappa shape index (κ1) is 12.7. The molecule has 106 valence electrons. The number of hydrogen-bond donors (Lipinski definition) is 0. The minimum Gasteiger partial charge on any atom is -0.461 e. The fourth-order valence-corrected chi connectivity index (χ4v) is 3.40. The lowest BCUT2D eigenvalue weighted by Crippen LogP contribution is -2.30. The predicted octanol–water partition coefficient (Wildman–Crippen LogP) is 3.36. The largest absolute Gasteiger partial charge is 0.461 e. The maximum absolute atomic E-state index is 5.37. The van der Waals surface area contributed by atoms with Gasteiger partial charge in [0.2, 0.25) is 0 Å². The molecule has 0 aromatic carbocycles. The summed E-state index contributed by atoms with van der Waals surface area (Å²) in [6.45, 7) is 2.97. The van der Waals surface area contributed by atoms with E-state index in [9.17, 15) is 0 Å². The molecule has 0 bridgehead atoms. The molecule has 0 fully saturated rings. The molecule has 0 saturated carbocycles. The fourth-order valence-electron chi connectivity index (χ4n) is 2.66. The molecule has 4 nitrogen and oxygen atoms in total. The average Bonchev–Trinajstić information content (AvgIpc) is 3.20. The molecular weight excluding hydrogens is 282 g/mol. The Morgan fingerprint density at radius 1 is 1.29 bits per heavy atom. The number of hydrogen-bond acceptors (Lipinski definition) is 5. The normalized spacial score (nSPS) is 15.0. The summed E-state index contributed by atoms with van der Waals surface area (Å²) in [5.74, 6) is 1.42. The minimum absolute atomic E-state index is 0.686. The number of aromatic nitrogens is 2. The second-order valence-electron chi connectivity index (χ2n) is 5.18. The molecule has 0 amide bonds. The summed E-state index contributed by atoms with van der Waals surface area (Å²) >= 11 is 1.81. The van der Waals surface area contributed by atoms with Gasteiger partial charge < -0.3 is 4.42 Å². The molecule has 1 aliphatic rings. The molecule has 4 rings (SSSR count). The standard InChI is InChI=1S/C16H15N3OS/c1-4-15(20-7-1)16-17-9-12-10-19(6-5-14(12)18-16)11-13-3-2-8-21-13/h1-4,7-9H,5-6,10-11H2. The van der Waals surface area contributed by atoms with Crippen LogP contribution < -0.4 is 0 Å². The van der Waals surface area contributed by atoms with Crippen LogP contribution in [0.4, 0.5) is 0 Å². The molecule has 0 saturated heterocycles. The van der Waals surface area contributed by atoms with Gasteiger partial charge in [-0.2, -0.15) is 0 Å². The molecule has 0 unspecified atom stereocenters. The summed E-state index contributed by atoms with van der Waals surface area (Å²) in [6.07, 6.45) is 4.57. The Morgan fingerprint density at radius 3 is 3.10 bits per heavy atom. The van der Waals surface area contributed by atoms with Gasteiger partial charge in [0.25, 0.3) is 0 Å². The molecule has 5 heteroatoms. The molecule has 0 N–H and O–H groups in total. The zero-order chi connectivity index (χ0) is 14.1. The van der Waals surface area contributed by atoms with Crippen LogP contribution in [0.25, 0.3) is 11.6 Å². The average molecular weight is 297 g/mol. The Labute approximate surface area is 127 Å². The lowest BCUT2D eigenvalue weighted by Gasteiger charge is -2.27. The zero-order valence-corrected chi connectivity index (χ0v) is 12.3. The second-order valence-corrected chi connectivity index (χ2v) is 6.22. The molecule has 1 aliphatic heterocycles. The lowest BCUT2D eigenvalue weighted by molar-refractivity contribution is 0.245. The van der Waals surface area contributed by atoms with Crippen molar-refractivity contribution in [3.8, 4) is 11.6 Å². The van der Waals surface area contributed by atoms with E-state index >= 15 is 0 Å². The highest BCUT2D eigenvalue weighted by Crippen LogP contribution is 2.23. The van der Waals surface area contributed by atoms with Crippen molar-refractivity contribution in [2.24, 2.45) is 0 Å². The maximum Gasteiger partial charge on any atom is 0.195 e. The minimum atomic E-state index is 0.686. The Hall–Kier alpha value is -1.98. The zero-order valence-electron chi connectivity index (χ0n) is 11.5. The Bertz CT molecular complexity index is 722. The summed E-state index contributed by atoms with van der Waals surface area (Å²) in [5.41, 5.74) is 2.38. The lowest BCUT2D eigenvalue weighted by atomic mass is 10.1. The SMILES string of the molecule is c1coc(-c2ncc3c(n2)CCN(Cc2cccs2)C3)c1. The van der Waals surface area contributed by atoms with Crippen LogP contribution in [0.15, 0.2) is 46.5 Å². The molecule has 4 heterocycles. The first-order chi connectivity index (χ1) is 10.4. The number of nitrogens with zero attached hydrogens (tertiary/aromatic N) is 3. The van der Waals surface area contributed by atoms with Gasteiger partial charge in [-0.05, 0) is 23.6 Å². The molecular formula is C16H15N3OS. The second kappa shape index (κ2) is 5.42. The van der Waals surface area contributed by atoms with E-state index in [2.05, 4.69) is 32.4 Å². The van der Waals surface area contributed by atoms with E-state index in [1.54, 1.807) is 6.26 Å². The number of furan rings is 1. The predicted molar refractivity (Wildman–Crippen MR) is 81.9 cm³/mol. The summed E-state index contributed by atoms with van der Waals surface area (Å²) in [5, 5.41) is 2.13. The van der Waals surface area contributed by atoms with Gasteiger partial charge in [-0.3, -0.25) is 4.90 Å². The van der Waals surface area contributed by atoms with E-state index < -0.39 is 0 Å². The van der Waals surface area contributed by atoms with E-state index in [4.69, 9.17) is 4.42 Å². The highest BCUT2D eigenvalue weighted by Gasteiger charge is 2.19. The van der Waals surface area contributed by atoms with Gasteiger partial charge >= 0.3 is 0 Å². The molecule has 0 aliphatic carbocycles. The molecule has 3 aromatic heterocycles. The highest BCUT2D eigenvalue weighted by molar-refractivity contribution is 7.09. The van der Waals surface area contributed by atoms with Crippen molar-refractivity contribution < 1.29 is 4.42 Å². The van der Waals surface area contributed by atoms with E-state index in [0.717, 1.165) is 37.5 Å². The van der Waals surface area contributed by atoms with Crippen molar-refractivity contribution in [3.05, 3.63) is 58.2 Å². The van der Waals surface area contributed by atoms with E-state index in [-0.39, 0.29) is 0 Å². The van der Waals surface area contributed by atoms with Crippen LogP contribution in [0.5, 0.6) is 0 Å². The van der Waals surface area contributed by atoms with E-state index in [1.807, 2.05) is 29.7 Å². The van der Waals surface area contributed by atoms with E-state index in [0.29, 0.717) is 5.82 Å². The molecule has 21 heavy (non-hydrogen) atoms. The van der Waals surface area contributed by atoms with Crippen LogP contribution in [-0.4, -0.2) is 21.4 Å². The molecule has 3 aromatic rings. The van der Waals surface area contributed by atoms with Crippen LogP contribution in [0.3, 0.4) is 0 Å². The third-order valence-electron chi connectivity index (χ3n) is 3.71. The summed E-state index contributed by atoms with van der Waals surface area (Å²) in [6, 6.07) is 8.06. The van der Waals surface area contributed by atoms with Gasteiger partial charge in [0, 0.05) is 42.7 Å². The highest BCUT2D eigenvalue weighted by atomic mass is 32.1. The smallest absolute Gasteiger partial charge is 0.195 e. The maximum atomic E-state index is 5.37. The molecule has 0 radical (unpaired) electrons. The van der Waals surface area contributed by atoms with Crippen molar-refractivity contribution in [2.75, 3.05) is 6.54 Å². The Balaban J connectivity index is 1.54. The fraction of sp³-hybridized carbons (Fsp3) is 0.250. The topological polar surface area (TPSA) is 42.2 Å². The van der Waals surface area contributed by atoms with Crippen LogP contribution in [-0.2, 0) is 19.5 Å². The first-order valence-electron chi connectivity index (χ1n) is 7.02. The van der Waals surface area contributed by atoms with Crippen LogP contribution in [0, 0.1) is 0 Å². The van der Waals surface area contributed by atoms with Gasteiger partial charge in [0.1, 0.15) is 0 Å². The van der Waals surface area contributed by atoms with Gasteiger partial charge in [-0.15, -0.1) is 11.3 Å². The van der Waals surface area contributed by atoms with Crippen molar-refractivity contribution in [1.29, 1.82) is 0 Å². The quantitative estimate of drug-likeness (QED) is 0.743. The number of thiophene rings is 1. The summed E-state index contributed by atoms with van der Waals surface area (Å²) in [4.78, 5) is 13.0. The van der Waals surface area contributed by atoms with Gasteiger partial charge in [0.05, 0.1) is 12.0 Å². The van der Waals surface area contributed by atoms with Crippen molar-refractivity contribution >= 4 is 11.3 Å². The van der Waals surface area contributed by atoms with Crippen molar-refractivity contribution in [3.63, 3.8) is 0 Å². The Morgan fingerprint density at radius 2 is 2.29 bits per heavy atom. The van der Waals surface area contributed by atoms with Gasteiger partial charge in [-0.25, -0.2) is 9.97 Å². The van der Waals surface area contributed by atoms with Crippen molar-refractivity contribution in [1.82, 2.24) is 14.9 Å². The van der Waals surface area contributed by atoms with Gasteiger partial charge in [0.15, 0.2) is 11.6 Å². The third-order valence-corrected chi connectivity index (χ3v) is 4.58. The summed E-state index contributed by atoms with van der Waals surface area (Å²) < 4.78 is 5.37. The van der Waals surface area contributed by atoms with Crippen LogP contribution in [0.1, 0.15) is 16.1 Å². The van der Waals surface area contributed by atoms with Crippen LogP contribution >= 0.6 is 11.3 Å². The van der Waals surface area contributed by atoms with Crippen LogP contribution in [0.2, 0.25) is 0 Å². The third kappa shape index (κ3) is 2.62. The summed E-state index contributed by atoms with van der Waals surface area (Å²) in [7, 11) is 0. The van der Waals surface area contributed by atoms with E-state index in [1.165, 1.54) is 10.4 Å². The monoisotopic (exact) mass is 297 g/mol. The first-order valence-corrected chi connectivity index (χ1v) is 7.90. The molecule has 0 atom stereocenters. The Kier molecular flexibility index (Phi) is 3.29. The number of rotatable bonds is 3. The number of fused-ring (bicyclic) bond motifs is 1. The molecule has 0 spiro atoms. The van der Waals surface area contributed by atoms with Crippen molar-refractivity contribution in [2.45, 2.75) is 19.5 Å².